The van der Waals surface area contributed by atoms with Crippen LogP contribution >= 0.6 is 7.60 Å². The highest BCUT2D eigenvalue weighted by Gasteiger charge is 2.55. The highest BCUT2D eigenvalue weighted by atomic mass is 31.2. The number of benzene rings is 1. The summed E-state index contributed by atoms with van der Waals surface area (Å²) < 4.78 is 80.5. The average molecular weight is 587 g/mol. The summed E-state index contributed by atoms with van der Waals surface area (Å²) in [4.78, 5) is 28.3. The molecule has 6 atom stereocenters. The number of rotatable bonds is 10. The second-order valence-electron chi connectivity index (χ2n) is 9.18. The van der Waals surface area contributed by atoms with Crippen molar-refractivity contribution >= 4 is 19.4 Å². The van der Waals surface area contributed by atoms with Gasteiger partial charge in [0.15, 0.2) is 23.4 Å². The molecule has 5 N–H and O–H groups in total. The predicted octanol–water partition coefficient (Wildman–Crippen LogP) is 1.77. The summed E-state index contributed by atoms with van der Waals surface area (Å²) in [6.07, 6.45) is -6.91. The molecule has 3 rings (SSSR count). The summed E-state index contributed by atoms with van der Waals surface area (Å²) in [5, 5.41) is 11.1. The van der Waals surface area contributed by atoms with E-state index in [2.05, 4.69) is 10.9 Å². The number of nitrogens with zero attached hydrogens (tertiary/aromatic N) is 2. The maximum absolute atomic E-state index is 14.2. The molecule has 1 aromatic carbocycles. The predicted molar refractivity (Wildman–Crippen MR) is 139 cm³/mol. The van der Waals surface area contributed by atoms with Crippen molar-refractivity contribution in [1.82, 2.24) is 9.55 Å². The first-order valence-electron chi connectivity index (χ1n) is 13.0. The van der Waals surface area contributed by atoms with E-state index in [-0.39, 0.29) is 5.75 Å². The maximum atomic E-state index is 14.2. The molecule has 0 saturated carbocycles. The quantitative estimate of drug-likeness (QED) is 0.210. The number of esters is 1. The molecular weight excluding hydrogens is 553 g/mol. The smallest absolute Gasteiger partial charge is 0.380 e. The zero-order valence-electron chi connectivity index (χ0n) is 23.8. The number of halogens is 2. The van der Waals surface area contributed by atoms with Crippen LogP contribution in [0, 0.1) is 23.6 Å². The number of carbonyl (C=O) groups is 1. The molecule has 1 aliphatic heterocycles. The van der Waals surface area contributed by atoms with Crippen LogP contribution in [0.1, 0.15) is 29.7 Å². The van der Waals surface area contributed by atoms with E-state index in [1.165, 1.54) is 19.1 Å². The second kappa shape index (κ2) is 12.9. The number of para-hydroxylation sites is 1. The molecular formula is C25H31F2N4O8P. The third-order valence-electron chi connectivity index (χ3n) is 5.57. The normalized spacial score (nSPS) is 25.6. The van der Waals surface area contributed by atoms with Crippen molar-refractivity contribution in [3.63, 3.8) is 0 Å². The lowest BCUT2D eigenvalue weighted by atomic mass is 9.91. The molecule has 0 aliphatic carbocycles. The molecule has 15 heteroatoms. The molecule has 12 nitrogen and oxygen atoms in total. The van der Waals surface area contributed by atoms with Crippen molar-refractivity contribution in [1.29, 1.82) is 0 Å². The summed E-state index contributed by atoms with van der Waals surface area (Å²) in [5.41, 5.74) is 7.91. The number of alkyl halides is 1. The van der Waals surface area contributed by atoms with Gasteiger partial charge in [0.25, 0.3) is 0 Å². The number of aliphatic hydroxyl groups is 1. The van der Waals surface area contributed by atoms with Gasteiger partial charge in [0.2, 0.25) is 0 Å². The van der Waals surface area contributed by atoms with Crippen LogP contribution in [0.15, 0.2) is 41.3 Å². The van der Waals surface area contributed by atoms with Crippen molar-refractivity contribution in [3.8, 4) is 17.6 Å². The molecule has 2 heterocycles. The van der Waals surface area contributed by atoms with Crippen molar-refractivity contribution in [2.24, 2.45) is 11.7 Å². The van der Waals surface area contributed by atoms with Gasteiger partial charge in [-0.1, -0.05) is 37.0 Å². The van der Waals surface area contributed by atoms with Gasteiger partial charge in [-0.3, -0.25) is 13.9 Å². The summed E-state index contributed by atoms with van der Waals surface area (Å²) in [5.74, 6) is 0.372. The Kier molecular flexibility index (Phi) is 9.08. The molecule has 218 valence electrons. The van der Waals surface area contributed by atoms with E-state index in [9.17, 15) is 28.0 Å². The minimum atomic E-state index is -4.63. The number of aromatic nitrogens is 2. The number of nitrogens with two attached hydrogens (primary N) is 2. The minimum absolute atomic E-state index is 0.00351. The first-order valence-corrected chi connectivity index (χ1v) is 13.7. The number of carbonyl (C=O) groups excluding carboxylic acids is 1. The van der Waals surface area contributed by atoms with E-state index >= 15 is 0 Å². The summed E-state index contributed by atoms with van der Waals surface area (Å²) in [6, 6.07) is 7.55. The monoisotopic (exact) mass is 586 g/mol. The van der Waals surface area contributed by atoms with E-state index in [0.717, 1.165) is 0 Å². The molecule has 1 unspecified atom stereocenters. The van der Waals surface area contributed by atoms with E-state index in [0.29, 0.717) is 10.8 Å². The largest absolute Gasteiger partial charge is 0.463 e. The Morgan fingerprint density at radius 3 is 2.67 bits per heavy atom. The Morgan fingerprint density at radius 2 is 2.05 bits per heavy atom. The standard InChI is InChI=1S/C25H31F2N4O8P/c1-15(2)37-22(33)16(3)14-40(35,39-17-8-5-4-6-9-17)36-13-19-20(32)25(29,10-7-11-26)23(38-19)31-12-18(27)21(28)30-24(31)34/h4-6,8-9,12,15-16,19-20,23,32H,11,13-14,29H2,1-3H3,(H2,28,30,34)/t16-,19-,20+,23-,25?,40+/m1/s1/i13D2. The van der Waals surface area contributed by atoms with E-state index in [1.807, 2.05) is 5.92 Å². The van der Waals surface area contributed by atoms with E-state index < -0.39 is 86.3 Å². The number of nitrogen functional groups attached to an aromatic ring is 1. The second-order valence-corrected chi connectivity index (χ2v) is 11.1. The van der Waals surface area contributed by atoms with Gasteiger partial charge in [0.05, 0.1) is 33.7 Å². The third-order valence-corrected chi connectivity index (χ3v) is 7.43. The van der Waals surface area contributed by atoms with Gasteiger partial charge in [-0.05, 0) is 26.0 Å². The zero-order valence-corrected chi connectivity index (χ0v) is 22.7. The lowest BCUT2D eigenvalue weighted by Crippen LogP contribution is -2.55. The van der Waals surface area contributed by atoms with Gasteiger partial charge in [-0.2, -0.15) is 4.98 Å². The summed E-state index contributed by atoms with van der Waals surface area (Å²) in [7, 11) is -4.63. The third kappa shape index (κ3) is 7.24. The molecule has 0 spiro atoms. The molecule has 1 aromatic heterocycles. The van der Waals surface area contributed by atoms with Crippen molar-refractivity contribution in [2.75, 3.05) is 25.1 Å². The lowest BCUT2D eigenvalue weighted by molar-refractivity contribution is -0.151. The van der Waals surface area contributed by atoms with Gasteiger partial charge < -0.3 is 30.6 Å². The van der Waals surface area contributed by atoms with Crippen LogP contribution in [0.25, 0.3) is 0 Å². The zero-order chi connectivity index (χ0) is 31.5. The van der Waals surface area contributed by atoms with Gasteiger partial charge in [-0.15, -0.1) is 0 Å². The Labute approximate surface area is 231 Å². The Bertz CT molecular complexity index is 1460. The fourth-order valence-electron chi connectivity index (χ4n) is 3.68. The fourth-order valence-corrected chi connectivity index (χ4v) is 5.40. The van der Waals surface area contributed by atoms with Crippen LogP contribution in [0.3, 0.4) is 0 Å². The minimum Gasteiger partial charge on any atom is -0.463 e. The molecule has 1 fully saturated rings. The molecule has 1 saturated heterocycles. The topological polar surface area (TPSA) is 178 Å². The summed E-state index contributed by atoms with van der Waals surface area (Å²) >= 11 is 0. The van der Waals surface area contributed by atoms with E-state index in [1.54, 1.807) is 32.0 Å². The first kappa shape index (κ1) is 28.2. The van der Waals surface area contributed by atoms with E-state index in [4.69, 9.17) is 32.7 Å². The first-order chi connectivity index (χ1) is 19.5. The van der Waals surface area contributed by atoms with Crippen LogP contribution in [0.5, 0.6) is 5.75 Å². The van der Waals surface area contributed by atoms with Crippen molar-refractivity contribution in [2.45, 2.75) is 50.8 Å². The maximum Gasteiger partial charge on any atom is 0.380 e. The highest BCUT2D eigenvalue weighted by molar-refractivity contribution is 7.54. The Hall–Kier alpha value is -3.34. The van der Waals surface area contributed by atoms with Gasteiger partial charge in [0.1, 0.15) is 24.6 Å². The van der Waals surface area contributed by atoms with Crippen LogP contribution in [0.4, 0.5) is 14.6 Å². The highest BCUT2D eigenvalue weighted by Crippen LogP contribution is 2.51. The van der Waals surface area contributed by atoms with Crippen LogP contribution in [-0.2, 0) is 23.4 Å². The van der Waals surface area contributed by atoms with Crippen molar-refractivity contribution in [3.05, 3.63) is 52.8 Å². The summed E-state index contributed by atoms with van der Waals surface area (Å²) in [6.45, 7) is 0.0985. The SMILES string of the molecule is [2H]C([2H])(O[P@@](=O)(C[C@@H](C)C(=O)OC(C)C)Oc1ccccc1)[C@H]1O[C@@H](n2cc(F)c(N)nc2=O)C(N)(C#CCF)[C@H]1O. The Morgan fingerprint density at radius 1 is 1.38 bits per heavy atom. The van der Waals surface area contributed by atoms with Crippen LogP contribution in [-0.4, -0.2) is 63.9 Å². The number of anilines is 1. The molecule has 0 radical (unpaired) electrons. The Balaban J connectivity index is 2.03. The number of hydrogen-bond acceptors (Lipinski definition) is 11. The number of ether oxygens (including phenoxy) is 2. The van der Waals surface area contributed by atoms with Gasteiger partial charge in [0, 0.05) is 0 Å². The lowest BCUT2D eigenvalue weighted by Gasteiger charge is -2.28. The molecule has 40 heavy (non-hydrogen) atoms. The molecule has 0 amide bonds. The van der Waals surface area contributed by atoms with Gasteiger partial charge >= 0.3 is 19.3 Å². The molecule has 2 aromatic rings. The molecule has 0 bridgehead atoms. The fraction of sp³-hybridized carbons (Fsp3) is 0.480. The van der Waals surface area contributed by atoms with Crippen molar-refractivity contribution < 1.29 is 44.5 Å². The number of hydrogen-bond donors (Lipinski definition) is 3. The number of aliphatic hydroxyl groups excluding tert-OH is 1. The van der Waals surface area contributed by atoms with Crippen LogP contribution in [0.2, 0.25) is 0 Å². The van der Waals surface area contributed by atoms with Gasteiger partial charge in [-0.25, -0.2) is 18.1 Å². The van der Waals surface area contributed by atoms with Crippen LogP contribution < -0.4 is 21.7 Å². The molecule has 1 aliphatic rings. The average Bonchev–Trinajstić information content (AvgIpc) is 3.15.